The molecular weight excluding hydrogens is 192 g/mol. The van der Waals surface area contributed by atoms with Crippen molar-refractivity contribution in [3.63, 3.8) is 0 Å². The van der Waals surface area contributed by atoms with Crippen LogP contribution in [0.5, 0.6) is 0 Å². The second-order valence-electron chi connectivity index (χ2n) is 3.27. The average Bonchev–Trinajstić information content (AvgIpc) is 2.25. The molecule has 15 heavy (non-hydrogen) atoms. The molecule has 0 saturated heterocycles. The van der Waals surface area contributed by atoms with E-state index in [1.54, 1.807) is 6.92 Å². The maximum Gasteiger partial charge on any atom is 0.320 e. The summed E-state index contributed by atoms with van der Waals surface area (Å²) in [7, 11) is 0. The molecular formula is C11H10N2O2. The van der Waals surface area contributed by atoms with E-state index >= 15 is 0 Å². The van der Waals surface area contributed by atoms with Crippen LogP contribution in [0.25, 0.3) is 5.69 Å². The van der Waals surface area contributed by atoms with E-state index in [9.17, 15) is 10.0 Å². The summed E-state index contributed by atoms with van der Waals surface area (Å²) in [5.41, 5.74) is 0.909. The predicted octanol–water partition coefficient (Wildman–Crippen LogP) is 0.779. The maximum atomic E-state index is 11.5. The highest BCUT2D eigenvalue weighted by molar-refractivity contribution is 5.31. The number of nitrogens with zero attached hydrogens (tertiary/aromatic N) is 2. The number of aromatic nitrogens is 2. The van der Waals surface area contributed by atoms with Gasteiger partial charge in [-0.05, 0) is 12.1 Å². The van der Waals surface area contributed by atoms with Crippen LogP contribution in [0.15, 0.2) is 47.5 Å². The third kappa shape index (κ3) is 1.74. The van der Waals surface area contributed by atoms with Gasteiger partial charge in [0, 0.05) is 12.6 Å². The van der Waals surface area contributed by atoms with E-state index in [1.165, 1.54) is 10.8 Å². The van der Waals surface area contributed by atoms with Crippen LogP contribution < -0.4 is 10.3 Å². The van der Waals surface area contributed by atoms with Gasteiger partial charge < -0.3 is 5.21 Å². The molecule has 4 heteroatoms. The summed E-state index contributed by atoms with van der Waals surface area (Å²) in [6.45, 7) is 1.66. The SMILES string of the molecule is Cc1cn(-c2ccccc2)c(=O)c[n+]1[O-]. The van der Waals surface area contributed by atoms with Gasteiger partial charge in [-0.25, -0.2) is 0 Å². The molecule has 2 aromatic rings. The Bertz CT molecular complexity index is 532. The second kappa shape index (κ2) is 3.57. The van der Waals surface area contributed by atoms with Crippen LogP contribution in [-0.4, -0.2) is 4.57 Å². The molecule has 76 valence electrons. The first-order chi connectivity index (χ1) is 7.18. The Labute approximate surface area is 86.6 Å². The fourth-order valence-electron chi connectivity index (χ4n) is 1.36. The van der Waals surface area contributed by atoms with Crippen molar-refractivity contribution < 1.29 is 4.73 Å². The molecule has 0 amide bonds. The molecule has 0 spiro atoms. The van der Waals surface area contributed by atoms with Gasteiger partial charge in [0.2, 0.25) is 11.9 Å². The van der Waals surface area contributed by atoms with Gasteiger partial charge in [-0.15, -0.1) is 0 Å². The summed E-state index contributed by atoms with van der Waals surface area (Å²) in [4.78, 5) is 11.5. The van der Waals surface area contributed by atoms with E-state index in [0.29, 0.717) is 10.4 Å². The monoisotopic (exact) mass is 202 g/mol. The lowest BCUT2D eigenvalue weighted by molar-refractivity contribution is -0.614. The van der Waals surface area contributed by atoms with Gasteiger partial charge in [-0.3, -0.25) is 9.36 Å². The van der Waals surface area contributed by atoms with Gasteiger partial charge in [0.15, 0.2) is 0 Å². The van der Waals surface area contributed by atoms with E-state index in [2.05, 4.69) is 0 Å². The van der Waals surface area contributed by atoms with Gasteiger partial charge in [-0.2, -0.15) is 4.73 Å². The van der Waals surface area contributed by atoms with E-state index in [-0.39, 0.29) is 5.56 Å². The fraction of sp³-hybridized carbons (Fsp3) is 0.0909. The van der Waals surface area contributed by atoms with E-state index in [1.807, 2.05) is 30.3 Å². The minimum atomic E-state index is -0.332. The average molecular weight is 202 g/mol. The Morgan fingerprint density at radius 3 is 2.60 bits per heavy atom. The Balaban J connectivity index is 2.65. The Morgan fingerprint density at radius 1 is 1.27 bits per heavy atom. The number of hydrogen-bond donors (Lipinski definition) is 0. The summed E-state index contributed by atoms with van der Waals surface area (Å²) in [6.07, 6.45) is 2.56. The summed E-state index contributed by atoms with van der Waals surface area (Å²) in [6, 6.07) is 9.19. The minimum absolute atomic E-state index is 0.332. The van der Waals surface area contributed by atoms with Gasteiger partial charge in [0.1, 0.15) is 0 Å². The van der Waals surface area contributed by atoms with Crippen LogP contribution in [0.1, 0.15) is 5.69 Å². The zero-order chi connectivity index (χ0) is 10.8. The van der Waals surface area contributed by atoms with Crippen molar-refractivity contribution in [1.29, 1.82) is 0 Å². The summed E-state index contributed by atoms with van der Waals surface area (Å²) in [5, 5.41) is 11.1. The van der Waals surface area contributed by atoms with Crippen molar-refractivity contribution in [1.82, 2.24) is 4.57 Å². The van der Waals surface area contributed by atoms with Crippen molar-refractivity contribution in [2.45, 2.75) is 6.92 Å². The lowest BCUT2D eigenvalue weighted by Crippen LogP contribution is -2.37. The number of rotatable bonds is 1. The van der Waals surface area contributed by atoms with Crippen LogP contribution in [-0.2, 0) is 0 Å². The minimum Gasteiger partial charge on any atom is -0.618 e. The zero-order valence-electron chi connectivity index (χ0n) is 8.25. The number of aryl methyl sites for hydroxylation is 1. The first kappa shape index (κ1) is 9.45. The molecule has 0 aliphatic rings. The molecule has 0 N–H and O–H groups in total. The zero-order valence-corrected chi connectivity index (χ0v) is 8.25. The number of hydrogen-bond acceptors (Lipinski definition) is 2. The van der Waals surface area contributed by atoms with Crippen LogP contribution in [0.3, 0.4) is 0 Å². The van der Waals surface area contributed by atoms with Crippen LogP contribution in [0.2, 0.25) is 0 Å². The Kier molecular flexibility index (Phi) is 2.25. The molecule has 1 heterocycles. The van der Waals surface area contributed by atoms with Gasteiger partial charge in [0.25, 0.3) is 0 Å². The van der Waals surface area contributed by atoms with Crippen LogP contribution in [0.4, 0.5) is 0 Å². The molecule has 1 aromatic carbocycles. The fourth-order valence-corrected chi connectivity index (χ4v) is 1.36. The molecule has 0 saturated carbocycles. The molecule has 0 radical (unpaired) electrons. The molecule has 0 aliphatic heterocycles. The lowest BCUT2D eigenvalue weighted by Gasteiger charge is -2.06. The van der Waals surface area contributed by atoms with Crippen molar-refractivity contribution in [3.8, 4) is 5.69 Å². The molecule has 2 rings (SSSR count). The first-order valence-electron chi connectivity index (χ1n) is 4.56. The molecule has 0 aliphatic carbocycles. The van der Waals surface area contributed by atoms with Gasteiger partial charge >= 0.3 is 5.56 Å². The Morgan fingerprint density at radius 2 is 1.93 bits per heavy atom. The summed E-state index contributed by atoms with van der Waals surface area (Å²) in [5.74, 6) is 0. The normalized spacial score (nSPS) is 10.2. The molecule has 0 unspecified atom stereocenters. The van der Waals surface area contributed by atoms with E-state index < -0.39 is 0 Å². The number of benzene rings is 1. The summed E-state index contributed by atoms with van der Waals surface area (Å²) < 4.78 is 2.02. The highest BCUT2D eigenvalue weighted by Crippen LogP contribution is 2.02. The smallest absolute Gasteiger partial charge is 0.320 e. The highest BCUT2D eigenvalue weighted by atomic mass is 16.5. The molecule has 0 bridgehead atoms. The number of para-hydroxylation sites is 1. The summed E-state index contributed by atoms with van der Waals surface area (Å²) >= 11 is 0. The third-order valence-electron chi connectivity index (χ3n) is 2.16. The quantitative estimate of drug-likeness (QED) is 0.506. The molecule has 0 atom stereocenters. The van der Waals surface area contributed by atoms with Crippen LogP contribution >= 0.6 is 0 Å². The Hall–Kier alpha value is -2.10. The van der Waals surface area contributed by atoms with Gasteiger partial charge in [0.05, 0.1) is 6.20 Å². The highest BCUT2D eigenvalue weighted by Gasteiger charge is 2.05. The molecule has 4 nitrogen and oxygen atoms in total. The molecule has 0 fully saturated rings. The maximum absolute atomic E-state index is 11.5. The van der Waals surface area contributed by atoms with Crippen molar-refractivity contribution in [2.24, 2.45) is 0 Å². The van der Waals surface area contributed by atoms with E-state index in [4.69, 9.17) is 0 Å². The van der Waals surface area contributed by atoms with Crippen molar-refractivity contribution in [2.75, 3.05) is 0 Å². The van der Waals surface area contributed by atoms with E-state index in [0.717, 1.165) is 11.9 Å². The topological polar surface area (TPSA) is 48.9 Å². The predicted molar refractivity (Wildman–Crippen MR) is 55.7 cm³/mol. The third-order valence-corrected chi connectivity index (χ3v) is 2.16. The first-order valence-corrected chi connectivity index (χ1v) is 4.56. The van der Waals surface area contributed by atoms with Gasteiger partial charge in [-0.1, -0.05) is 18.2 Å². The van der Waals surface area contributed by atoms with Crippen LogP contribution in [0, 0.1) is 12.1 Å². The van der Waals surface area contributed by atoms with Crippen molar-refractivity contribution in [3.05, 3.63) is 64.0 Å². The van der Waals surface area contributed by atoms with Crippen molar-refractivity contribution >= 4 is 0 Å². The largest absolute Gasteiger partial charge is 0.618 e. The second-order valence-corrected chi connectivity index (χ2v) is 3.27. The molecule has 1 aromatic heterocycles. The standard InChI is InChI=1S/C11H10N2O2/c1-9-7-12(11(14)8-13(9)15)10-5-3-2-4-6-10/h2-8H,1H3. The lowest BCUT2D eigenvalue weighted by atomic mass is 10.3.